The van der Waals surface area contributed by atoms with Gasteiger partial charge in [-0.1, -0.05) is 13.8 Å². The van der Waals surface area contributed by atoms with E-state index in [1.807, 2.05) is 13.8 Å². The van der Waals surface area contributed by atoms with Crippen LogP contribution in [0, 0.1) is 11.8 Å². The van der Waals surface area contributed by atoms with Gasteiger partial charge in [-0.15, -0.1) is 0 Å². The van der Waals surface area contributed by atoms with Crippen LogP contribution in [0.1, 0.15) is 34.6 Å². The monoisotopic (exact) mass is 186 g/mol. The van der Waals surface area contributed by atoms with Gasteiger partial charge >= 0.3 is 5.97 Å². The zero-order valence-corrected chi connectivity index (χ0v) is 8.96. The lowest BCUT2D eigenvalue weighted by molar-refractivity contribution is -0.156. The van der Waals surface area contributed by atoms with Crippen molar-refractivity contribution in [2.24, 2.45) is 11.8 Å². The molecule has 0 aliphatic rings. The fourth-order valence-electron chi connectivity index (χ4n) is 1.21. The summed E-state index contributed by atoms with van der Waals surface area (Å²) in [5.74, 6) is -1.13. The van der Waals surface area contributed by atoms with E-state index in [2.05, 4.69) is 0 Å². The summed E-state index contributed by atoms with van der Waals surface area (Å²) in [6, 6.07) is 0. The molecule has 13 heavy (non-hydrogen) atoms. The molecule has 0 spiro atoms. The molecule has 0 aromatic heterocycles. The maximum atomic E-state index is 11.4. The standard InChI is InChI=1S/C10H18O3/c1-6(2)9(8(5)11)10(12)13-7(3)4/h6-7,9H,1-5H3. The number of ether oxygens (including phenoxy) is 1. The zero-order chi connectivity index (χ0) is 10.6. The molecule has 0 aromatic carbocycles. The molecule has 0 fully saturated rings. The second-order valence-corrected chi connectivity index (χ2v) is 3.82. The molecule has 0 heterocycles. The van der Waals surface area contributed by atoms with Crippen LogP contribution in [0.4, 0.5) is 0 Å². The van der Waals surface area contributed by atoms with Crippen LogP contribution in [0.2, 0.25) is 0 Å². The Kier molecular flexibility index (Phi) is 4.67. The molecular weight excluding hydrogens is 168 g/mol. The number of esters is 1. The third-order valence-corrected chi connectivity index (χ3v) is 1.71. The van der Waals surface area contributed by atoms with Crippen LogP contribution < -0.4 is 0 Å². The highest BCUT2D eigenvalue weighted by atomic mass is 16.5. The van der Waals surface area contributed by atoms with Crippen molar-refractivity contribution in [1.82, 2.24) is 0 Å². The molecule has 0 N–H and O–H groups in total. The van der Waals surface area contributed by atoms with E-state index in [1.54, 1.807) is 13.8 Å². The Morgan fingerprint density at radius 3 is 1.77 bits per heavy atom. The Balaban J connectivity index is 4.38. The molecule has 3 heteroatoms. The summed E-state index contributed by atoms with van der Waals surface area (Å²) in [5.41, 5.74) is 0. The van der Waals surface area contributed by atoms with Gasteiger partial charge in [-0.25, -0.2) is 0 Å². The van der Waals surface area contributed by atoms with E-state index in [1.165, 1.54) is 6.92 Å². The van der Waals surface area contributed by atoms with Crippen molar-refractivity contribution >= 4 is 11.8 Å². The second-order valence-electron chi connectivity index (χ2n) is 3.82. The zero-order valence-electron chi connectivity index (χ0n) is 8.96. The molecule has 3 nitrogen and oxygen atoms in total. The Bertz CT molecular complexity index is 194. The van der Waals surface area contributed by atoms with Crippen LogP contribution in [-0.4, -0.2) is 17.9 Å². The lowest BCUT2D eigenvalue weighted by Crippen LogP contribution is -2.30. The van der Waals surface area contributed by atoms with Gasteiger partial charge in [0.25, 0.3) is 0 Å². The SMILES string of the molecule is CC(=O)C(C(=O)OC(C)C)C(C)C. The number of carbonyl (C=O) groups excluding carboxylic acids is 2. The molecule has 76 valence electrons. The van der Waals surface area contributed by atoms with E-state index >= 15 is 0 Å². The van der Waals surface area contributed by atoms with Gasteiger partial charge in [0, 0.05) is 0 Å². The lowest BCUT2D eigenvalue weighted by atomic mass is 9.92. The summed E-state index contributed by atoms with van der Waals surface area (Å²) in [5, 5.41) is 0. The number of hydrogen-bond donors (Lipinski definition) is 0. The highest BCUT2D eigenvalue weighted by Crippen LogP contribution is 2.14. The van der Waals surface area contributed by atoms with Crippen molar-refractivity contribution in [1.29, 1.82) is 0 Å². The number of ketones is 1. The molecule has 0 aliphatic carbocycles. The highest BCUT2D eigenvalue weighted by Gasteiger charge is 2.28. The van der Waals surface area contributed by atoms with Crippen LogP contribution in [0.3, 0.4) is 0 Å². The third kappa shape index (κ3) is 4.06. The molecule has 0 saturated carbocycles. The summed E-state index contributed by atoms with van der Waals surface area (Å²) in [4.78, 5) is 22.5. The first kappa shape index (κ1) is 12.1. The summed E-state index contributed by atoms with van der Waals surface area (Å²) < 4.78 is 4.98. The number of carbonyl (C=O) groups is 2. The second kappa shape index (κ2) is 5.00. The smallest absolute Gasteiger partial charge is 0.316 e. The van der Waals surface area contributed by atoms with Gasteiger partial charge in [-0.2, -0.15) is 0 Å². The van der Waals surface area contributed by atoms with Crippen LogP contribution in [0.15, 0.2) is 0 Å². The maximum absolute atomic E-state index is 11.4. The molecule has 0 amide bonds. The topological polar surface area (TPSA) is 43.4 Å². The quantitative estimate of drug-likeness (QED) is 0.496. The van der Waals surface area contributed by atoms with Gasteiger partial charge in [-0.3, -0.25) is 9.59 Å². The Labute approximate surface area is 79.5 Å². The predicted octanol–water partition coefficient (Wildman–Crippen LogP) is 1.80. The molecule has 0 radical (unpaired) electrons. The number of Topliss-reactive ketones (excluding diaryl/α,β-unsaturated/α-hetero) is 1. The molecule has 0 aromatic rings. The van der Waals surface area contributed by atoms with Crippen LogP contribution >= 0.6 is 0 Å². The maximum Gasteiger partial charge on any atom is 0.316 e. The largest absolute Gasteiger partial charge is 0.462 e. The molecule has 0 bridgehead atoms. The fourth-order valence-corrected chi connectivity index (χ4v) is 1.21. The predicted molar refractivity (Wildman–Crippen MR) is 50.2 cm³/mol. The van der Waals surface area contributed by atoms with Crippen molar-refractivity contribution in [2.45, 2.75) is 40.7 Å². The number of rotatable bonds is 4. The van der Waals surface area contributed by atoms with Gasteiger partial charge in [0.15, 0.2) is 0 Å². The molecule has 1 unspecified atom stereocenters. The highest BCUT2D eigenvalue weighted by molar-refractivity contribution is 5.98. The van der Waals surface area contributed by atoms with E-state index in [4.69, 9.17) is 4.74 Å². The first-order valence-electron chi connectivity index (χ1n) is 4.57. The van der Waals surface area contributed by atoms with E-state index in [9.17, 15) is 9.59 Å². The first-order valence-corrected chi connectivity index (χ1v) is 4.57. The normalized spacial score (nSPS) is 13.2. The summed E-state index contributed by atoms with van der Waals surface area (Å²) >= 11 is 0. The minimum absolute atomic E-state index is 0.00347. The van der Waals surface area contributed by atoms with Crippen molar-refractivity contribution in [3.63, 3.8) is 0 Å². The van der Waals surface area contributed by atoms with Gasteiger partial charge in [0.2, 0.25) is 0 Å². The van der Waals surface area contributed by atoms with Crippen LogP contribution in [0.25, 0.3) is 0 Å². The Morgan fingerprint density at radius 1 is 1.08 bits per heavy atom. The average Bonchev–Trinajstić information content (AvgIpc) is 1.81. The third-order valence-electron chi connectivity index (χ3n) is 1.71. The van der Waals surface area contributed by atoms with Crippen molar-refractivity contribution < 1.29 is 14.3 Å². The van der Waals surface area contributed by atoms with E-state index < -0.39 is 11.9 Å². The summed E-state index contributed by atoms with van der Waals surface area (Å²) in [6.45, 7) is 8.65. The first-order chi connectivity index (χ1) is 5.86. The van der Waals surface area contributed by atoms with Crippen molar-refractivity contribution in [3.8, 4) is 0 Å². The minimum atomic E-state index is -0.609. The summed E-state index contributed by atoms with van der Waals surface area (Å²) in [6.07, 6.45) is -0.159. The number of hydrogen-bond acceptors (Lipinski definition) is 3. The summed E-state index contributed by atoms with van der Waals surface area (Å²) in [7, 11) is 0. The Hall–Kier alpha value is -0.860. The minimum Gasteiger partial charge on any atom is -0.462 e. The average molecular weight is 186 g/mol. The van der Waals surface area contributed by atoms with E-state index in [0.717, 1.165) is 0 Å². The fraction of sp³-hybridized carbons (Fsp3) is 0.800. The molecule has 1 atom stereocenters. The molecule has 0 saturated heterocycles. The van der Waals surface area contributed by atoms with Gasteiger partial charge in [0.05, 0.1) is 6.10 Å². The van der Waals surface area contributed by atoms with Crippen LogP contribution in [-0.2, 0) is 14.3 Å². The lowest BCUT2D eigenvalue weighted by Gasteiger charge is -2.17. The van der Waals surface area contributed by atoms with Gasteiger partial charge < -0.3 is 4.74 Å². The van der Waals surface area contributed by atoms with E-state index in [0.29, 0.717) is 0 Å². The van der Waals surface area contributed by atoms with Crippen LogP contribution in [0.5, 0.6) is 0 Å². The van der Waals surface area contributed by atoms with Gasteiger partial charge in [-0.05, 0) is 26.7 Å². The molecule has 0 aliphatic heterocycles. The van der Waals surface area contributed by atoms with Gasteiger partial charge in [0.1, 0.15) is 11.7 Å². The van der Waals surface area contributed by atoms with E-state index in [-0.39, 0.29) is 17.8 Å². The molecular formula is C10H18O3. The van der Waals surface area contributed by atoms with Crippen molar-refractivity contribution in [2.75, 3.05) is 0 Å². The van der Waals surface area contributed by atoms with Crippen molar-refractivity contribution in [3.05, 3.63) is 0 Å². The molecule has 0 rings (SSSR count). The Morgan fingerprint density at radius 2 is 1.54 bits per heavy atom.